The zero-order valence-electron chi connectivity index (χ0n) is 7.80. The molecule has 0 N–H and O–H groups in total. The third-order valence-electron chi connectivity index (χ3n) is 2.23. The summed E-state index contributed by atoms with van der Waals surface area (Å²) in [6.07, 6.45) is 1.34. The highest BCUT2D eigenvalue weighted by atomic mass is 79.9. The van der Waals surface area contributed by atoms with Gasteiger partial charge in [-0.3, -0.25) is 4.79 Å². The van der Waals surface area contributed by atoms with Crippen molar-refractivity contribution < 1.29 is 9.53 Å². The fourth-order valence-corrected chi connectivity index (χ4v) is 2.11. The molecule has 1 aromatic rings. The Labute approximate surface area is 101 Å². The van der Waals surface area contributed by atoms with Gasteiger partial charge in [-0.15, -0.1) is 0 Å². The summed E-state index contributed by atoms with van der Waals surface area (Å²) in [7, 11) is 0. The molecule has 78 valence electrons. The summed E-state index contributed by atoms with van der Waals surface area (Å²) in [5.41, 5.74) is 1.36. The molecule has 2 rings (SSSR count). The fraction of sp³-hybridized carbons (Fsp3) is 0.182. The minimum absolute atomic E-state index is 0.485. The molecule has 0 bridgehead atoms. The molecule has 0 amide bonds. The van der Waals surface area contributed by atoms with Crippen molar-refractivity contribution in [1.29, 1.82) is 0 Å². The van der Waals surface area contributed by atoms with Gasteiger partial charge in [0, 0.05) is 22.0 Å². The van der Waals surface area contributed by atoms with Gasteiger partial charge in [-0.2, -0.15) is 0 Å². The van der Waals surface area contributed by atoms with Crippen molar-refractivity contribution in [3.63, 3.8) is 0 Å². The molecule has 15 heavy (non-hydrogen) atoms. The molecule has 4 heteroatoms. The number of carbonyl (C=O) groups excluding carboxylic acids is 1. The van der Waals surface area contributed by atoms with Gasteiger partial charge in [0.25, 0.3) is 0 Å². The SMILES string of the molecule is O=CC1=C(Cl)c2cc(Br)ccc2OCC1. The van der Waals surface area contributed by atoms with Gasteiger partial charge < -0.3 is 4.74 Å². The lowest BCUT2D eigenvalue weighted by Crippen LogP contribution is -1.97. The van der Waals surface area contributed by atoms with Crippen LogP contribution in [0.4, 0.5) is 0 Å². The van der Waals surface area contributed by atoms with E-state index in [4.69, 9.17) is 16.3 Å². The maximum atomic E-state index is 10.8. The summed E-state index contributed by atoms with van der Waals surface area (Å²) in [4.78, 5) is 10.8. The summed E-state index contributed by atoms with van der Waals surface area (Å²) in [5.74, 6) is 0.722. The highest BCUT2D eigenvalue weighted by molar-refractivity contribution is 9.10. The van der Waals surface area contributed by atoms with Crippen molar-refractivity contribution in [3.8, 4) is 5.75 Å². The third kappa shape index (κ3) is 2.08. The molecular weight excluding hydrogens is 279 g/mol. The molecule has 0 radical (unpaired) electrons. The predicted octanol–water partition coefficient (Wildman–Crippen LogP) is 3.38. The van der Waals surface area contributed by atoms with Crippen LogP contribution in [0.3, 0.4) is 0 Å². The first-order valence-electron chi connectivity index (χ1n) is 4.49. The van der Waals surface area contributed by atoms with Crippen molar-refractivity contribution in [2.24, 2.45) is 0 Å². The van der Waals surface area contributed by atoms with Crippen molar-refractivity contribution in [1.82, 2.24) is 0 Å². The lowest BCUT2D eigenvalue weighted by atomic mass is 10.1. The third-order valence-corrected chi connectivity index (χ3v) is 3.17. The zero-order chi connectivity index (χ0) is 10.8. The van der Waals surface area contributed by atoms with Crippen molar-refractivity contribution in [3.05, 3.63) is 33.8 Å². The van der Waals surface area contributed by atoms with Crippen LogP contribution in [0.1, 0.15) is 12.0 Å². The Kier molecular flexibility index (Phi) is 3.12. The molecule has 1 aliphatic rings. The molecular formula is C11H8BrClO2. The smallest absolute Gasteiger partial charge is 0.147 e. The topological polar surface area (TPSA) is 26.3 Å². The van der Waals surface area contributed by atoms with Gasteiger partial charge in [-0.1, -0.05) is 27.5 Å². The number of rotatable bonds is 1. The van der Waals surface area contributed by atoms with Crippen LogP contribution < -0.4 is 4.74 Å². The second-order valence-electron chi connectivity index (χ2n) is 3.20. The maximum Gasteiger partial charge on any atom is 0.147 e. The molecule has 1 aliphatic heterocycles. The van der Waals surface area contributed by atoms with E-state index >= 15 is 0 Å². The number of carbonyl (C=O) groups is 1. The minimum atomic E-state index is 0.485. The first kappa shape index (κ1) is 10.7. The molecule has 2 nitrogen and oxygen atoms in total. The van der Waals surface area contributed by atoms with E-state index in [2.05, 4.69) is 15.9 Å². The van der Waals surface area contributed by atoms with Crippen LogP contribution in [0, 0.1) is 0 Å². The average molecular weight is 288 g/mol. The van der Waals surface area contributed by atoms with Crippen LogP contribution in [0.15, 0.2) is 28.2 Å². The summed E-state index contributed by atoms with van der Waals surface area (Å²) >= 11 is 9.50. The second kappa shape index (κ2) is 4.37. The first-order valence-corrected chi connectivity index (χ1v) is 5.66. The van der Waals surface area contributed by atoms with E-state index in [0.29, 0.717) is 23.6 Å². The Hall–Kier alpha value is -0.800. The van der Waals surface area contributed by atoms with Crippen LogP contribution >= 0.6 is 27.5 Å². The molecule has 0 saturated heterocycles. The van der Waals surface area contributed by atoms with E-state index in [1.165, 1.54) is 0 Å². The Balaban J connectivity index is 2.60. The number of ether oxygens (including phenoxy) is 1. The lowest BCUT2D eigenvalue weighted by molar-refractivity contribution is -0.105. The Morgan fingerprint density at radius 3 is 3.00 bits per heavy atom. The van der Waals surface area contributed by atoms with Crippen LogP contribution in [0.2, 0.25) is 0 Å². The van der Waals surface area contributed by atoms with Crippen molar-refractivity contribution in [2.75, 3.05) is 6.61 Å². The van der Waals surface area contributed by atoms with Gasteiger partial charge >= 0.3 is 0 Å². The van der Waals surface area contributed by atoms with E-state index < -0.39 is 0 Å². The molecule has 0 fully saturated rings. The summed E-state index contributed by atoms with van der Waals surface area (Å²) in [6.45, 7) is 0.485. The molecule has 1 aromatic carbocycles. The van der Waals surface area contributed by atoms with Crippen LogP contribution in [-0.2, 0) is 4.79 Å². The van der Waals surface area contributed by atoms with Gasteiger partial charge in [0.05, 0.1) is 11.6 Å². The van der Waals surface area contributed by atoms with Gasteiger partial charge in [-0.25, -0.2) is 0 Å². The van der Waals surface area contributed by atoms with Crippen LogP contribution in [-0.4, -0.2) is 12.9 Å². The lowest BCUT2D eigenvalue weighted by Gasteiger charge is -2.07. The highest BCUT2D eigenvalue weighted by Crippen LogP contribution is 2.36. The first-order chi connectivity index (χ1) is 7.22. The van der Waals surface area contributed by atoms with Crippen LogP contribution in [0.25, 0.3) is 5.03 Å². The van der Waals surface area contributed by atoms with E-state index in [0.717, 1.165) is 22.1 Å². The number of hydrogen-bond donors (Lipinski definition) is 0. The second-order valence-corrected chi connectivity index (χ2v) is 4.49. The molecule has 1 heterocycles. The average Bonchev–Trinajstić information content (AvgIpc) is 2.39. The van der Waals surface area contributed by atoms with Gasteiger partial charge in [0.1, 0.15) is 12.0 Å². The van der Waals surface area contributed by atoms with Gasteiger partial charge in [0.2, 0.25) is 0 Å². The monoisotopic (exact) mass is 286 g/mol. The largest absolute Gasteiger partial charge is 0.493 e. The number of benzene rings is 1. The Morgan fingerprint density at radius 1 is 1.47 bits per heavy atom. The molecule has 0 aliphatic carbocycles. The summed E-state index contributed by atoms with van der Waals surface area (Å²) in [5, 5.41) is 0.485. The number of hydrogen-bond acceptors (Lipinski definition) is 2. The van der Waals surface area contributed by atoms with Crippen molar-refractivity contribution in [2.45, 2.75) is 6.42 Å². The molecule has 0 spiro atoms. The van der Waals surface area contributed by atoms with Gasteiger partial charge in [0.15, 0.2) is 0 Å². The van der Waals surface area contributed by atoms with E-state index in [9.17, 15) is 4.79 Å². The Morgan fingerprint density at radius 2 is 2.27 bits per heavy atom. The molecule has 0 saturated carbocycles. The molecule has 0 atom stereocenters. The zero-order valence-corrected chi connectivity index (χ0v) is 10.1. The van der Waals surface area contributed by atoms with Gasteiger partial charge in [-0.05, 0) is 18.2 Å². The fourth-order valence-electron chi connectivity index (χ4n) is 1.46. The highest BCUT2D eigenvalue weighted by Gasteiger charge is 2.16. The standard InChI is InChI=1S/C11H8BrClO2/c12-8-1-2-10-9(5-8)11(13)7(6-14)3-4-15-10/h1-2,5-6H,3-4H2. The number of fused-ring (bicyclic) bond motifs is 1. The normalized spacial score (nSPS) is 15.3. The van der Waals surface area contributed by atoms with Crippen LogP contribution in [0.5, 0.6) is 5.75 Å². The number of halogens is 2. The number of aldehydes is 1. The Bertz CT molecular complexity index is 440. The van der Waals surface area contributed by atoms with E-state index in [-0.39, 0.29) is 0 Å². The minimum Gasteiger partial charge on any atom is -0.493 e. The van der Waals surface area contributed by atoms with E-state index in [1.807, 2.05) is 18.2 Å². The summed E-state index contributed by atoms with van der Waals surface area (Å²) < 4.78 is 6.41. The maximum absolute atomic E-state index is 10.8. The summed E-state index contributed by atoms with van der Waals surface area (Å²) in [6, 6.07) is 5.58. The molecule has 0 unspecified atom stereocenters. The van der Waals surface area contributed by atoms with E-state index in [1.54, 1.807) is 0 Å². The quantitative estimate of drug-likeness (QED) is 0.740. The molecule has 0 aromatic heterocycles. The van der Waals surface area contributed by atoms with Crippen molar-refractivity contribution >= 4 is 38.8 Å². The predicted molar refractivity (Wildman–Crippen MR) is 63.1 cm³/mol.